The Kier molecular flexibility index (Phi) is 4.37. The van der Waals surface area contributed by atoms with Crippen LogP contribution in [0, 0.1) is 0 Å². The van der Waals surface area contributed by atoms with Gasteiger partial charge in [0.1, 0.15) is 5.65 Å². The zero-order valence-corrected chi connectivity index (χ0v) is 15.1. The number of Topliss-reactive ketones (excluding diaryl/α,β-unsaturated/α-hetero) is 1. The number of carbonyl (C=O) groups excluding carboxylic acids is 1. The summed E-state index contributed by atoms with van der Waals surface area (Å²) in [6, 6.07) is 13.0. The van der Waals surface area contributed by atoms with Gasteiger partial charge in [0, 0.05) is 30.6 Å². The Morgan fingerprint density at radius 3 is 2.63 bits per heavy atom. The molecule has 0 amide bonds. The lowest BCUT2D eigenvalue weighted by Crippen LogP contribution is -2.03. The van der Waals surface area contributed by atoms with Crippen LogP contribution in [-0.2, 0) is 16.3 Å². The maximum Gasteiger partial charge on any atom is 0.239 e. The second kappa shape index (κ2) is 6.85. The third-order valence-electron chi connectivity index (χ3n) is 4.35. The number of furan rings is 1. The highest BCUT2D eigenvalue weighted by molar-refractivity contribution is 7.91. The van der Waals surface area contributed by atoms with Gasteiger partial charge in [-0.05, 0) is 48.4 Å². The number of pyridine rings is 1. The molecule has 0 saturated heterocycles. The number of fused-ring (bicyclic) bond motifs is 1. The summed E-state index contributed by atoms with van der Waals surface area (Å²) in [4.78, 5) is 16.7. The van der Waals surface area contributed by atoms with Crippen molar-refractivity contribution in [2.45, 2.75) is 22.8 Å². The van der Waals surface area contributed by atoms with Crippen LogP contribution in [0.4, 0.5) is 0 Å². The number of hydrogen-bond acceptors (Lipinski definition) is 5. The molecule has 7 heteroatoms. The molecule has 1 aromatic carbocycles. The minimum Gasteiger partial charge on any atom is -0.453 e. The normalized spacial score (nSPS) is 11.7. The van der Waals surface area contributed by atoms with Gasteiger partial charge in [0.15, 0.2) is 5.78 Å². The second-order valence-corrected chi connectivity index (χ2v) is 7.99. The summed E-state index contributed by atoms with van der Waals surface area (Å²) in [5.41, 5.74) is 2.31. The van der Waals surface area contributed by atoms with Crippen LogP contribution in [0.25, 0.3) is 5.65 Å². The van der Waals surface area contributed by atoms with Gasteiger partial charge in [-0.1, -0.05) is 12.1 Å². The molecule has 6 nitrogen and oxygen atoms in total. The molecule has 0 fully saturated rings. The van der Waals surface area contributed by atoms with Crippen molar-refractivity contribution in [3.8, 4) is 0 Å². The highest BCUT2D eigenvalue weighted by atomic mass is 32.2. The molecular formula is C20H16N2O4S. The number of nitrogens with zero attached hydrogens (tertiary/aromatic N) is 2. The Bertz CT molecular complexity index is 1190. The molecular weight excluding hydrogens is 364 g/mol. The van der Waals surface area contributed by atoms with Crippen LogP contribution in [-0.4, -0.2) is 23.6 Å². The summed E-state index contributed by atoms with van der Waals surface area (Å²) < 4.78 is 31.6. The predicted molar refractivity (Wildman–Crippen MR) is 98.4 cm³/mol. The van der Waals surface area contributed by atoms with Crippen LogP contribution in [0.5, 0.6) is 0 Å². The molecule has 0 aliphatic carbocycles. The summed E-state index contributed by atoms with van der Waals surface area (Å²) in [6.07, 6.45) is 7.44. The first-order valence-electron chi connectivity index (χ1n) is 8.37. The van der Waals surface area contributed by atoms with Crippen LogP contribution in [0.2, 0.25) is 0 Å². The number of aryl methyl sites for hydroxylation is 1. The quantitative estimate of drug-likeness (QED) is 0.478. The number of carbonyl (C=O) groups is 1. The summed E-state index contributed by atoms with van der Waals surface area (Å²) in [5.74, 6) is 0.0258. The molecule has 0 atom stereocenters. The molecule has 0 aliphatic rings. The molecule has 136 valence electrons. The van der Waals surface area contributed by atoms with Crippen LogP contribution >= 0.6 is 0 Å². The SMILES string of the molecule is O=C(CCc1ccc(S(=O)(=O)c2ccco2)cc1)c1ccc2nccn2c1. The Balaban J connectivity index is 1.45. The van der Waals surface area contributed by atoms with E-state index in [9.17, 15) is 13.2 Å². The Hall–Kier alpha value is -3.19. The first-order chi connectivity index (χ1) is 13.0. The minimum atomic E-state index is -3.64. The molecule has 27 heavy (non-hydrogen) atoms. The molecule has 3 heterocycles. The van der Waals surface area contributed by atoms with E-state index < -0.39 is 9.84 Å². The van der Waals surface area contributed by atoms with Gasteiger partial charge in [0.2, 0.25) is 14.9 Å². The molecule has 0 N–H and O–H groups in total. The van der Waals surface area contributed by atoms with E-state index in [1.807, 2.05) is 10.5 Å². The Labute approximate surface area is 156 Å². The van der Waals surface area contributed by atoms with Gasteiger partial charge in [-0.15, -0.1) is 0 Å². The van der Waals surface area contributed by atoms with Gasteiger partial charge in [-0.25, -0.2) is 13.4 Å². The van der Waals surface area contributed by atoms with Gasteiger partial charge in [-0.2, -0.15) is 0 Å². The maximum absolute atomic E-state index is 12.4. The maximum atomic E-state index is 12.4. The van der Waals surface area contributed by atoms with Crippen molar-refractivity contribution in [1.82, 2.24) is 9.38 Å². The highest BCUT2D eigenvalue weighted by Gasteiger charge is 2.20. The monoisotopic (exact) mass is 380 g/mol. The first-order valence-corrected chi connectivity index (χ1v) is 9.86. The number of ketones is 1. The van der Waals surface area contributed by atoms with Gasteiger partial charge < -0.3 is 8.82 Å². The van der Waals surface area contributed by atoms with E-state index in [4.69, 9.17) is 4.42 Å². The lowest BCUT2D eigenvalue weighted by atomic mass is 10.0. The van der Waals surface area contributed by atoms with E-state index in [2.05, 4.69) is 4.98 Å². The predicted octanol–water partition coefficient (Wildman–Crippen LogP) is 3.58. The number of aromatic nitrogens is 2. The average molecular weight is 380 g/mol. The number of imidazole rings is 1. The third kappa shape index (κ3) is 3.41. The molecule has 0 saturated carbocycles. The smallest absolute Gasteiger partial charge is 0.239 e. The summed E-state index contributed by atoms with van der Waals surface area (Å²) in [5, 5.41) is -0.0830. The topological polar surface area (TPSA) is 81.6 Å². The van der Waals surface area contributed by atoms with Crippen molar-refractivity contribution in [2.75, 3.05) is 0 Å². The molecule has 0 spiro atoms. The van der Waals surface area contributed by atoms with Gasteiger partial charge in [-0.3, -0.25) is 4.79 Å². The number of hydrogen-bond donors (Lipinski definition) is 0. The highest BCUT2D eigenvalue weighted by Crippen LogP contribution is 2.22. The zero-order chi connectivity index (χ0) is 18.9. The minimum absolute atomic E-state index is 0.0258. The Morgan fingerprint density at radius 1 is 1.07 bits per heavy atom. The van der Waals surface area contributed by atoms with Crippen molar-refractivity contribution in [1.29, 1.82) is 0 Å². The van der Waals surface area contributed by atoms with Gasteiger partial charge in [0.25, 0.3) is 0 Å². The lowest BCUT2D eigenvalue weighted by molar-refractivity contribution is 0.0982. The van der Waals surface area contributed by atoms with Crippen molar-refractivity contribution in [3.63, 3.8) is 0 Å². The van der Waals surface area contributed by atoms with Crippen molar-refractivity contribution >= 4 is 21.3 Å². The van der Waals surface area contributed by atoms with E-state index in [0.29, 0.717) is 18.4 Å². The number of sulfone groups is 1. The summed E-state index contributed by atoms with van der Waals surface area (Å²) in [7, 11) is -3.64. The van der Waals surface area contributed by atoms with Gasteiger partial charge in [0.05, 0.1) is 11.2 Å². The van der Waals surface area contributed by atoms with Gasteiger partial charge >= 0.3 is 0 Å². The zero-order valence-electron chi connectivity index (χ0n) is 14.3. The molecule has 4 aromatic rings. The summed E-state index contributed by atoms with van der Waals surface area (Å²) in [6.45, 7) is 0. The van der Waals surface area contributed by atoms with E-state index in [1.54, 1.807) is 36.8 Å². The fourth-order valence-electron chi connectivity index (χ4n) is 2.85. The van der Waals surface area contributed by atoms with Crippen molar-refractivity contribution in [2.24, 2.45) is 0 Å². The largest absolute Gasteiger partial charge is 0.453 e. The fraction of sp³-hybridized carbons (Fsp3) is 0.100. The van der Waals surface area contributed by atoms with Crippen molar-refractivity contribution < 1.29 is 17.6 Å². The van der Waals surface area contributed by atoms with Crippen molar-refractivity contribution in [3.05, 3.63) is 84.5 Å². The Morgan fingerprint density at radius 2 is 1.89 bits per heavy atom. The molecule has 3 aromatic heterocycles. The summed E-state index contributed by atoms with van der Waals surface area (Å²) >= 11 is 0. The van der Waals surface area contributed by atoms with E-state index in [1.165, 1.54) is 30.5 Å². The standard InChI is InChI=1S/C20H16N2O4S/c23-18(16-6-10-19-21-11-12-22(19)14-16)9-5-15-3-7-17(8-4-15)27(24,25)20-2-1-13-26-20/h1-4,6-8,10-14H,5,9H2. The number of rotatable bonds is 6. The lowest BCUT2D eigenvalue weighted by Gasteiger charge is -2.05. The van der Waals surface area contributed by atoms with E-state index in [-0.39, 0.29) is 15.8 Å². The molecule has 0 unspecified atom stereocenters. The molecule has 4 rings (SSSR count). The van der Waals surface area contributed by atoms with Crippen LogP contribution in [0.3, 0.4) is 0 Å². The second-order valence-electron chi connectivity index (χ2n) is 6.11. The van der Waals surface area contributed by atoms with E-state index >= 15 is 0 Å². The fourth-order valence-corrected chi connectivity index (χ4v) is 4.02. The van der Waals surface area contributed by atoms with Crippen LogP contribution in [0.1, 0.15) is 22.3 Å². The van der Waals surface area contributed by atoms with Crippen LogP contribution < -0.4 is 0 Å². The first kappa shape index (κ1) is 17.2. The van der Waals surface area contributed by atoms with Crippen LogP contribution in [0.15, 0.2) is 87.8 Å². The van der Waals surface area contributed by atoms with E-state index in [0.717, 1.165) is 11.2 Å². The molecule has 0 radical (unpaired) electrons. The number of benzene rings is 1. The molecule has 0 aliphatic heterocycles. The molecule has 0 bridgehead atoms. The third-order valence-corrected chi connectivity index (χ3v) is 6.00. The average Bonchev–Trinajstić information content (AvgIpc) is 3.37.